The number of anilines is 1. The molecule has 0 atom stereocenters. The molecule has 6 heteroatoms. The van der Waals surface area contributed by atoms with E-state index in [1.807, 2.05) is 6.07 Å². The van der Waals surface area contributed by atoms with Gasteiger partial charge >= 0.3 is 0 Å². The van der Waals surface area contributed by atoms with Crippen LogP contribution in [0.15, 0.2) is 59.7 Å². The number of carbonyl (C=O) groups is 1. The molecule has 0 aliphatic carbocycles. The number of nitrogens with zero attached hydrogens (tertiary/aromatic N) is 2. The molecule has 2 aromatic heterocycles. The fourth-order valence-electron chi connectivity index (χ4n) is 1.92. The Labute approximate surface area is 124 Å². The molecule has 21 heavy (non-hydrogen) atoms. The minimum absolute atomic E-state index is 0.101. The summed E-state index contributed by atoms with van der Waals surface area (Å²) < 4.78 is 1.29. The highest BCUT2D eigenvalue weighted by Gasteiger charge is 2.10. The van der Waals surface area contributed by atoms with Gasteiger partial charge < -0.3 is 5.32 Å². The van der Waals surface area contributed by atoms with Gasteiger partial charge in [0.25, 0.3) is 11.5 Å². The molecule has 0 radical (unpaired) electrons. The van der Waals surface area contributed by atoms with Gasteiger partial charge in [-0.25, -0.2) is 4.98 Å². The second kappa shape index (κ2) is 5.38. The number of aromatic nitrogens is 2. The average molecular weight is 300 g/mol. The van der Waals surface area contributed by atoms with Crippen molar-refractivity contribution in [3.63, 3.8) is 0 Å². The molecule has 2 heterocycles. The number of hydrogen-bond donors (Lipinski definition) is 1. The van der Waals surface area contributed by atoms with E-state index in [1.54, 1.807) is 36.4 Å². The molecule has 0 bridgehead atoms. The molecular weight excluding hydrogens is 290 g/mol. The van der Waals surface area contributed by atoms with Crippen LogP contribution in [0.25, 0.3) is 5.65 Å². The first-order chi connectivity index (χ1) is 10.1. The van der Waals surface area contributed by atoms with E-state index < -0.39 is 0 Å². The predicted molar refractivity (Wildman–Crippen MR) is 80.9 cm³/mol. The van der Waals surface area contributed by atoms with Crippen LogP contribution in [-0.4, -0.2) is 15.3 Å². The maximum Gasteiger partial charge on any atom is 0.281 e. The number of carbonyl (C=O) groups excluding carboxylic acids is 1. The normalized spacial score (nSPS) is 10.5. The SMILES string of the molecule is O=C(Nc1cnc2ccc(Cl)cn2c1=O)c1ccccc1. The van der Waals surface area contributed by atoms with Crippen LogP contribution in [-0.2, 0) is 0 Å². The highest BCUT2D eigenvalue weighted by Crippen LogP contribution is 2.10. The zero-order valence-corrected chi connectivity index (χ0v) is 11.5. The molecule has 5 nitrogen and oxygen atoms in total. The third kappa shape index (κ3) is 2.64. The lowest BCUT2D eigenvalue weighted by Crippen LogP contribution is -2.23. The Morgan fingerprint density at radius 2 is 1.90 bits per heavy atom. The Morgan fingerprint density at radius 1 is 1.14 bits per heavy atom. The van der Waals surface area contributed by atoms with E-state index in [0.29, 0.717) is 16.2 Å². The van der Waals surface area contributed by atoms with Crippen LogP contribution in [0, 0.1) is 0 Å². The summed E-state index contributed by atoms with van der Waals surface area (Å²) in [6.07, 6.45) is 2.80. The minimum Gasteiger partial charge on any atom is -0.316 e. The summed E-state index contributed by atoms with van der Waals surface area (Å²) in [4.78, 5) is 28.5. The van der Waals surface area contributed by atoms with Gasteiger partial charge in [0, 0.05) is 11.8 Å². The van der Waals surface area contributed by atoms with Crippen LogP contribution in [0.1, 0.15) is 10.4 Å². The number of rotatable bonds is 2. The number of nitrogens with one attached hydrogen (secondary N) is 1. The number of benzene rings is 1. The zero-order valence-electron chi connectivity index (χ0n) is 10.8. The van der Waals surface area contributed by atoms with Crippen molar-refractivity contribution < 1.29 is 4.79 Å². The van der Waals surface area contributed by atoms with Crippen molar-refractivity contribution in [2.24, 2.45) is 0 Å². The maximum absolute atomic E-state index is 12.3. The van der Waals surface area contributed by atoms with E-state index in [1.165, 1.54) is 16.8 Å². The molecule has 1 aromatic carbocycles. The summed E-state index contributed by atoms with van der Waals surface area (Å²) in [7, 11) is 0. The van der Waals surface area contributed by atoms with Gasteiger partial charge in [0.05, 0.1) is 11.2 Å². The van der Waals surface area contributed by atoms with Gasteiger partial charge in [-0.2, -0.15) is 0 Å². The quantitative estimate of drug-likeness (QED) is 0.791. The van der Waals surface area contributed by atoms with Crippen molar-refractivity contribution >= 4 is 28.8 Å². The van der Waals surface area contributed by atoms with Gasteiger partial charge in [-0.3, -0.25) is 14.0 Å². The summed E-state index contributed by atoms with van der Waals surface area (Å²) in [6.45, 7) is 0. The molecule has 0 fully saturated rings. The molecule has 104 valence electrons. The van der Waals surface area contributed by atoms with Crippen LogP contribution in [0.2, 0.25) is 5.02 Å². The Hall–Kier alpha value is -2.66. The lowest BCUT2D eigenvalue weighted by molar-refractivity contribution is 0.102. The van der Waals surface area contributed by atoms with Crippen molar-refractivity contribution in [1.29, 1.82) is 0 Å². The molecule has 0 saturated heterocycles. The molecule has 0 saturated carbocycles. The lowest BCUT2D eigenvalue weighted by atomic mass is 10.2. The number of fused-ring (bicyclic) bond motifs is 1. The van der Waals surface area contributed by atoms with E-state index in [9.17, 15) is 9.59 Å². The summed E-state index contributed by atoms with van der Waals surface area (Å²) >= 11 is 5.87. The summed E-state index contributed by atoms with van der Waals surface area (Å²) in [5.41, 5.74) is 0.644. The van der Waals surface area contributed by atoms with Gasteiger partial charge in [0.1, 0.15) is 11.3 Å². The lowest BCUT2D eigenvalue weighted by Gasteiger charge is -2.06. The molecule has 3 aromatic rings. The molecule has 0 unspecified atom stereocenters. The van der Waals surface area contributed by atoms with E-state index in [2.05, 4.69) is 10.3 Å². The number of pyridine rings is 1. The number of halogens is 1. The van der Waals surface area contributed by atoms with Crippen molar-refractivity contribution in [3.05, 3.63) is 75.8 Å². The molecule has 3 rings (SSSR count). The second-order valence-corrected chi connectivity index (χ2v) is 4.81. The highest BCUT2D eigenvalue weighted by molar-refractivity contribution is 6.30. The molecular formula is C15H10ClN3O2. The van der Waals surface area contributed by atoms with Crippen LogP contribution in [0.5, 0.6) is 0 Å². The van der Waals surface area contributed by atoms with E-state index in [4.69, 9.17) is 11.6 Å². The zero-order chi connectivity index (χ0) is 14.8. The monoisotopic (exact) mass is 299 g/mol. The van der Waals surface area contributed by atoms with Crippen molar-refractivity contribution in [1.82, 2.24) is 9.38 Å². The first-order valence-corrected chi connectivity index (χ1v) is 6.56. The van der Waals surface area contributed by atoms with Crippen molar-refractivity contribution in [2.75, 3.05) is 5.32 Å². The smallest absolute Gasteiger partial charge is 0.281 e. The van der Waals surface area contributed by atoms with Crippen molar-refractivity contribution in [2.45, 2.75) is 0 Å². The standard InChI is InChI=1S/C15H10ClN3O2/c16-11-6-7-13-17-8-12(15(21)19(13)9-11)18-14(20)10-4-2-1-3-5-10/h1-9H,(H,18,20). The largest absolute Gasteiger partial charge is 0.316 e. The van der Waals surface area contributed by atoms with Crippen LogP contribution < -0.4 is 10.9 Å². The average Bonchev–Trinajstić information content (AvgIpc) is 2.51. The molecule has 1 N–H and O–H groups in total. The van der Waals surface area contributed by atoms with Crippen molar-refractivity contribution in [3.8, 4) is 0 Å². The van der Waals surface area contributed by atoms with Crippen LogP contribution in [0.4, 0.5) is 5.69 Å². The topological polar surface area (TPSA) is 63.5 Å². The fourth-order valence-corrected chi connectivity index (χ4v) is 2.08. The predicted octanol–water partition coefficient (Wildman–Crippen LogP) is 2.60. The molecule has 0 aliphatic rings. The van der Waals surface area contributed by atoms with E-state index in [-0.39, 0.29) is 17.2 Å². The Kier molecular flexibility index (Phi) is 3.41. The Balaban J connectivity index is 2.00. The second-order valence-electron chi connectivity index (χ2n) is 4.37. The maximum atomic E-state index is 12.3. The first-order valence-electron chi connectivity index (χ1n) is 6.18. The minimum atomic E-state index is -0.383. The van der Waals surface area contributed by atoms with E-state index in [0.717, 1.165) is 0 Å². The molecule has 0 spiro atoms. The third-order valence-electron chi connectivity index (χ3n) is 2.95. The fraction of sp³-hybridized carbons (Fsp3) is 0. The van der Waals surface area contributed by atoms with Gasteiger partial charge in [-0.05, 0) is 24.3 Å². The summed E-state index contributed by atoms with van der Waals surface area (Å²) in [6, 6.07) is 11.9. The van der Waals surface area contributed by atoms with Gasteiger partial charge in [0.15, 0.2) is 0 Å². The number of hydrogen-bond acceptors (Lipinski definition) is 3. The molecule has 1 amide bonds. The van der Waals surface area contributed by atoms with E-state index >= 15 is 0 Å². The first kappa shape index (κ1) is 13.3. The molecule has 0 aliphatic heterocycles. The van der Waals surface area contributed by atoms with Gasteiger partial charge in [0.2, 0.25) is 0 Å². The number of amides is 1. The summed E-state index contributed by atoms with van der Waals surface area (Å²) in [5, 5.41) is 2.97. The van der Waals surface area contributed by atoms with Gasteiger partial charge in [-0.1, -0.05) is 29.8 Å². The van der Waals surface area contributed by atoms with Crippen LogP contribution in [0.3, 0.4) is 0 Å². The third-order valence-corrected chi connectivity index (χ3v) is 3.17. The summed E-state index contributed by atoms with van der Waals surface area (Å²) in [5.74, 6) is -0.364. The Morgan fingerprint density at radius 3 is 2.67 bits per heavy atom. The highest BCUT2D eigenvalue weighted by atomic mass is 35.5. The Bertz CT molecular complexity index is 875. The van der Waals surface area contributed by atoms with Gasteiger partial charge in [-0.15, -0.1) is 0 Å². The van der Waals surface area contributed by atoms with Crippen LogP contribution >= 0.6 is 11.6 Å².